The molecule has 120 valence electrons. The molecule has 5 nitrogen and oxygen atoms in total. The molecule has 0 aliphatic carbocycles. The van der Waals surface area contributed by atoms with Crippen molar-refractivity contribution in [2.45, 2.75) is 47.1 Å². The van der Waals surface area contributed by atoms with E-state index < -0.39 is 0 Å². The number of nitrogens with zero attached hydrogens (tertiary/aromatic N) is 1. The number of hydrogen-bond acceptors (Lipinski definition) is 5. The van der Waals surface area contributed by atoms with E-state index >= 15 is 0 Å². The molecule has 0 spiro atoms. The molecule has 0 aliphatic rings. The Balaban J connectivity index is 2.43. The van der Waals surface area contributed by atoms with Gasteiger partial charge in [0.1, 0.15) is 0 Å². The minimum absolute atomic E-state index is 0.0534. The van der Waals surface area contributed by atoms with Crippen molar-refractivity contribution in [3.05, 3.63) is 22.3 Å². The average Bonchev–Trinajstić information content (AvgIpc) is 2.91. The van der Waals surface area contributed by atoms with Gasteiger partial charge in [-0.05, 0) is 41.5 Å². The van der Waals surface area contributed by atoms with E-state index in [4.69, 9.17) is 4.74 Å². The zero-order valence-electron chi connectivity index (χ0n) is 14.0. The van der Waals surface area contributed by atoms with E-state index in [-0.39, 0.29) is 11.5 Å². The number of H-pyrrole nitrogens is 1. The molecule has 0 saturated carbocycles. The third kappa shape index (κ3) is 3.50. The lowest BCUT2D eigenvalue weighted by Crippen LogP contribution is -2.25. The number of rotatable bonds is 4. The monoisotopic (exact) mass is 321 g/mol. The third-order valence-corrected chi connectivity index (χ3v) is 3.85. The number of esters is 1. The standard InChI is InChI=1S/C16H23N3O2S/c1-7-21-14(20)13-10(3)17-9(2)12(13)11-8-22-15(18-11)19-16(4,5)6/h8,17H,7H2,1-6H3,(H,18,19). The number of carbonyl (C=O) groups is 1. The fraction of sp³-hybridized carbons (Fsp3) is 0.500. The molecule has 0 amide bonds. The highest BCUT2D eigenvalue weighted by Crippen LogP contribution is 2.33. The SMILES string of the molecule is CCOC(=O)c1c(C)[nH]c(C)c1-c1csc(NC(C)(C)C)n1. The minimum Gasteiger partial charge on any atom is -0.462 e. The summed E-state index contributed by atoms with van der Waals surface area (Å²) in [5.41, 5.74) is 3.88. The van der Waals surface area contributed by atoms with Crippen molar-refractivity contribution in [2.75, 3.05) is 11.9 Å². The molecule has 0 radical (unpaired) electrons. The normalized spacial score (nSPS) is 11.5. The second kappa shape index (κ2) is 6.12. The lowest BCUT2D eigenvalue weighted by molar-refractivity contribution is 0.0526. The second-order valence-electron chi connectivity index (χ2n) is 6.26. The summed E-state index contributed by atoms with van der Waals surface area (Å²) in [6.07, 6.45) is 0. The summed E-state index contributed by atoms with van der Waals surface area (Å²) in [4.78, 5) is 20.1. The number of aromatic nitrogens is 2. The molecular weight excluding hydrogens is 298 g/mol. The Kier molecular flexibility index (Phi) is 4.60. The third-order valence-electron chi connectivity index (χ3n) is 3.10. The van der Waals surface area contributed by atoms with Gasteiger partial charge >= 0.3 is 5.97 Å². The van der Waals surface area contributed by atoms with E-state index in [9.17, 15) is 4.79 Å². The van der Waals surface area contributed by atoms with Gasteiger partial charge in [0.05, 0.1) is 17.9 Å². The summed E-state index contributed by atoms with van der Waals surface area (Å²) in [5.74, 6) is -0.308. The van der Waals surface area contributed by atoms with E-state index in [2.05, 4.69) is 36.1 Å². The molecule has 0 fully saturated rings. The van der Waals surface area contributed by atoms with Gasteiger partial charge in [-0.1, -0.05) is 0 Å². The van der Waals surface area contributed by atoms with Crippen LogP contribution in [0.2, 0.25) is 0 Å². The number of thiazole rings is 1. The molecule has 22 heavy (non-hydrogen) atoms. The summed E-state index contributed by atoms with van der Waals surface area (Å²) in [6, 6.07) is 0. The Labute approximate surface area is 135 Å². The number of hydrogen-bond donors (Lipinski definition) is 2. The van der Waals surface area contributed by atoms with E-state index in [1.54, 1.807) is 6.92 Å². The van der Waals surface area contributed by atoms with Crippen molar-refractivity contribution in [1.29, 1.82) is 0 Å². The molecule has 2 aromatic rings. The smallest absolute Gasteiger partial charge is 0.340 e. The number of aromatic amines is 1. The molecule has 6 heteroatoms. The Hall–Kier alpha value is -1.82. The molecule has 2 aromatic heterocycles. The summed E-state index contributed by atoms with van der Waals surface area (Å²) in [5, 5.41) is 6.16. The maximum atomic E-state index is 12.2. The van der Waals surface area contributed by atoms with E-state index in [0.29, 0.717) is 12.2 Å². The van der Waals surface area contributed by atoms with Gasteiger partial charge in [-0.15, -0.1) is 11.3 Å². The van der Waals surface area contributed by atoms with E-state index in [1.807, 2.05) is 19.2 Å². The Morgan fingerprint density at radius 3 is 2.64 bits per heavy atom. The van der Waals surface area contributed by atoms with Gasteiger partial charge in [0.15, 0.2) is 5.13 Å². The van der Waals surface area contributed by atoms with Gasteiger partial charge < -0.3 is 15.0 Å². The molecule has 0 atom stereocenters. The van der Waals surface area contributed by atoms with Crippen LogP contribution in [0.1, 0.15) is 49.4 Å². The van der Waals surface area contributed by atoms with Gasteiger partial charge in [0, 0.05) is 27.9 Å². The second-order valence-corrected chi connectivity index (χ2v) is 7.12. The van der Waals surface area contributed by atoms with Gasteiger partial charge in [-0.3, -0.25) is 0 Å². The fourth-order valence-electron chi connectivity index (χ4n) is 2.33. The summed E-state index contributed by atoms with van der Waals surface area (Å²) < 4.78 is 5.17. The lowest BCUT2D eigenvalue weighted by atomic mass is 10.1. The van der Waals surface area contributed by atoms with Crippen LogP contribution in [0.5, 0.6) is 0 Å². The molecule has 0 unspecified atom stereocenters. The zero-order valence-corrected chi connectivity index (χ0v) is 14.8. The van der Waals surface area contributed by atoms with Crippen molar-refractivity contribution in [3.8, 4) is 11.3 Å². The molecule has 0 aliphatic heterocycles. The summed E-state index contributed by atoms with van der Waals surface area (Å²) in [7, 11) is 0. The number of anilines is 1. The maximum absolute atomic E-state index is 12.2. The highest BCUT2D eigenvalue weighted by atomic mass is 32.1. The predicted octanol–water partition coefficient (Wildman–Crippen LogP) is 4.14. The van der Waals surface area contributed by atoms with Crippen LogP contribution in [-0.2, 0) is 4.74 Å². The van der Waals surface area contributed by atoms with Crippen LogP contribution in [0.25, 0.3) is 11.3 Å². The van der Waals surface area contributed by atoms with Gasteiger partial charge in [0.25, 0.3) is 0 Å². The number of carbonyl (C=O) groups excluding carboxylic acids is 1. The maximum Gasteiger partial charge on any atom is 0.340 e. The van der Waals surface area contributed by atoms with Crippen LogP contribution >= 0.6 is 11.3 Å². The summed E-state index contributed by atoms with van der Waals surface area (Å²) in [6.45, 7) is 12.2. The quantitative estimate of drug-likeness (QED) is 0.830. The van der Waals surface area contributed by atoms with Crippen molar-refractivity contribution in [1.82, 2.24) is 9.97 Å². The fourth-order valence-corrected chi connectivity index (χ4v) is 3.24. The topological polar surface area (TPSA) is 67.0 Å². The highest BCUT2D eigenvalue weighted by Gasteiger charge is 2.23. The molecule has 0 aromatic carbocycles. The van der Waals surface area contributed by atoms with Crippen LogP contribution in [0.15, 0.2) is 5.38 Å². The molecule has 2 heterocycles. The van der Waals surface area contributed by atoms with E-state index in [0.717, 1.165) is 27.8 Å². The largest absolute Gasteiger partial charge is 0.462 e. The van der Waals surface area contributed by atoms with Crippen molar-refractivity contribution in [3.63, 3.8) is 0 Å². The Bertz CT molecular complexity index is 680. The first-order chi connectivity index (χ1) is 10.2. The number of nitrogens with one attached hydrogen (secondary N) is 2. The first kappa shape index (κ1) is 16.5. The van der Waals surface area contributed by atoms with Crippen molar-refractivity contribution < 1.29 is 9.53 Å². The van der Waals surface area contributed by atoms with Gasteiger partial charge in [-0.2, -0.15) is 0 Å². The van der Waals surface area contributed by atoms with Gasteiger partial charge in [0.2, 0.25) is 0 Å². The van der Waals surface area contributed by atoms with Gasteiger partial charge in [-0.25, -0.2) is 9.78 Å². The van der Waals surface area contributed by atoms with Crippen LogP contribution < -0.4 is 5.32 Å². The van der Waals surface area contributed by atoms with Crippen molar-refractivity contribution >= 4 is 22.4 Å². The molecular formula is C16H23N3O2S. The first-order valence-electron chi connectivity index (χ1n) is 7.33. The van der Waals surface area contributed by atoms with Crippen LogP contribution in [-0.4, -0.2) is 28.1 Å². The molecule has 0 saturated heterocycles. The Morgan fingerprint density at radius 2 is 2.05 bits per heavy atom. The number of ether oxygens (including phenoxy) is 1. The average molecular weight is 321 g/mol. The number of aryl methyl sites for hydroxylation is 2. The highest BCUT2D eigenvalue weighted by molar-refractivity contribution is 7.14. The molecule has 2 N–H and O–H groups in total. The molecule has 2 rings (SSSR count). The lowest BCUT2D eigenvalue weighted by Gasteiger charge is -2.19. The van der Waals surface area contributed by atoms with Crippen LogP contribution in [0.3, 0.4) is 0 Å². The Morgan fingerprint density at radius 1 is 1.36 bits per heavy atom. The molecule has 0 bridgehead atoms. The minimum atomic E-state index is -0.308. The predicted molar refractivity (Wildman–Crippen MR) is 90.7 cm³/mol. The van der Waals surface area contributed by atoms with Crippen LogP contribution in [0.4, 0.5) is 5.13 Å². The van der Waals surface area contributed by atoms with Crippen molar-refractivity contribution in [2.24, 2.45) is 0 Å². The van der Waals surface area contributed by atoms with E-state index in [1.165, 1.54) is 11.3 Å². The first-order valence-corrected chi connectivity index (χ1v) is 8.21. The zero-order chi connectivity index (χ0) is 16.5. The summed E-state index contributed by atoms with van der Waals surface area (Å²) >= 11 is 1.53. The van der Waals surface area contributed by atoms with Crippen LogP contribution in [0, 0.1) is 13.8 Å².